The number of methoxy groups -OCH3 is 1. The van der Waals surface area contributed by atoms with E-state index in [1.165, 1.54) is 0 Å². The summed E-state index contributed by atoms with van der Waals surface area (Å²) in [4.78, 5) is 28.8. The van der Waals surface area contributed by atoms with Crippen molar-refractivity contribution < 1.29 is 14.3 Å². The Labute approximate surface area is 125 Å². The first kappa shape index (κ1) is 15.4. The van der Waals surface area contributed by atoms with E-state index in [1.54, 1.807) is 30.8 Å². The van der Waals surface area contributed by atoms with E-state index in [1.807, 2.05) is 32.0 Å². The lowest BCUT2D eigenvalue weighted by Gasteiger charge is -2.27. The zero-order valence-corrected chi connectivity index (χ0v) is 13.3. The second-order valence-electron chi connectivity index (χ2n) is 5.58. The monoisotopic (exact) mass is 290 g/mol. The van der Waals surface area contributed by atoms with Crippen LogP contribution in [0.3, 0.4) is 0 Å². The van der Waals surface area contributed by atoms with Crippen LogP contribution in [-0.2, 0) is 9.59 Å². The molecule has 0 N–H and O–H groups in total. The van der Waals surface area contributed by atoms with Gasteiger partial charge in [-0.25, -0.2) is 0 Å². The molecule has 0 unspecified atom stereocenters. The Kier molecular flexibility index (Phi) is 3.94. The maximum absolute atomic E-state index is 12.8. The fourth-order valence-electron chi connectivity index (χ4n) is 2.69. The second-order valence-corrected chi connectivity index (χ2v) is 5.58. The summed E-state index contributed by atoms with van der Waals surface area (Å²) in [6.07, 6.45) is 0. The number of ether oxygens (including phenoxy) is 1. The molecule has 1 aromatic rings. The van der Waals surface area contributed by atoms with Crippen LogP contribution in [0, 0.1) is 5.41 Å². The largest absolute Gasteiger partial charge is 0.497 e. The highest BCUT2D eigenvalue weighted by atomic mass is 16.5. The van der Waals surface area contributed by atoms with Gasteiger partial charge in [0.2, 0.25) is 11.8 Å². The molecule has 1 aromatic carbocycles. The Bertz CT molecular complexity index is 581. The van der Waals surface area contributed by atoms with E-state index in [4.69, 9.17) is 4.74 Å². The van der Waals surface area contributed by atoms with Crippen molar-refractivity contribution in [3.8, 4) is 5.75 Å². The Morgan fingerprint density at radius 3 is 2.00 bits per heavy atom. The number of nitrogens with zero attached hydrogens (tertiary/aromatic N) is 2. The molecule has 5 heteroatoms. The SMILES string of the molecule is CCN1C(=O)C(C)(C)C(=O)N(CC)c2cc(OC)ccc21. The van der Waals surface area contributed by atoms with E-state index in [-0.39, 0.29) is 11.8 Å². The van der Waals surface area contributed by atoms with Crippen molar-refractivity contribution in [1.29, 1.82) is 0 Å². The highest BCUT2D eigenvalue weighted by molar-refractivity contribution is 6.20. The third-order valence-corrected chi connectivity index (χ3v) is 3.96. The Morgan fingerprint density at radius 2 is 1.52 bits per heavy atom. The molecule has 0 radical (unpaired) electrons. The molecule has 2 amide bonds. The van der Waals surface area contributed by atoms with E-state index >= 15 is 0 Å². The molecule has 0 aromatic heterocycles. The third kappa shape index (κ3) is 2.26. The van der Waals surface area contributed by atoms with Gasteiger partial charge in [-0.3, -0.25) is 9.59 Å². The standard InChI is InChI=1S/C16H22N2O3/c1-6-17-12-9-8-11(21-5)10-13(12)18(7-2)15(20)16(3,4)14(17)19/h8-10H,6-7H2,1-5H3. The van der Waals surface area contributed by atoms with Gasteiger partial charge >= 0.3 is 0 Å². The quantitative estimate of drug-likeness (QED) is 0.803. The first-order valence-corrected chi connectivity index (χ1v) is 7.20. The van der Waals surface area contributed by atoms with Crippen LogP contribution in [0.25, 0.3) is 0 Å². The molecule has 0 fully saturated rings. The number of fused-ring (bicyclic) bond motifs is 1. The molecular weight excluding hydrogens is 268 g/mol. The normalized spacial score (nSPS) is 17.6. The van der Waals surface area contributed by atoms with Gasteiger partial charge < -0.3 is 14.5 Å². The predicted octanol–water partition coefficient (Wildman–Crippen LogP) is 2.44. The summed E-state index contributed by atoms with van der Waals surface area (Å²) >= 11 is 0. The Hall–Kier alpha value is -2.04. The van der Waals surface area contributed by atoms with Crippen LogP contribution in [0.4, 0.5) is 11.4 Å². The van der Waals surface area contributed by atoms with E-state index in [0.29, 0.717) is 18.8 Å². The average Bonchev–Trinajstić information content (AvgIpc) is 2.54. The molecule has 5 nitrogen and oxygen atoms in total. The maximum Gasteiger partial charge on any atom is 0.242 e. The number of benzene rings is 1. The number of carbonyl (C=O) groups excluding carboxylic acids is 2. The summed E-state index contributed by atoms with van der Waals surface area (Å²) in [5, 5.41) is 0. The molecule has 0 bridgehead atoms. The van der Waals surface area contributed by atoms with Crippen molar-refractivity contribution in [2.45, 2.75) is 27.7 Å². The topological polar surface area (TPSA) is 49.9 Å². The molecule has 0 spiro atoms. The summed E-state index contributed by atoms with van der Waals surface area (Å²) in [6, 6.07) is 5.46. The van der Waals surface area contributed by atoms with Gasteiger partial charge in [-0.15, -0.1) is 0 Å². The predicted molar refractivity (Wildman–Crippen MR) is 82.8 cm³/mol. The first-order chi connectivity index (χ1) is 9.88. The fourth-order valence-corrected chi connectivity index (χ4v) is 2.69. The number of carbonyl (C=O) groups is 2. The number of rotatable bonds is 3. The van der Waals surface area contributed by atoms with Crippen LogP contribution in [0.15, 0.2) is 18.2 Å². The van der Waals surface area contributed by atoms with Crippen molar-refractivity contribution in [1.82, 2.24) is 0 Å². The molecule has 1 heterocycles. The summed E-state index contributed by atoms with van der Waals surface area (Å²) in [7, 11) is 1.59. The van der Waals surface area contributed by atoms with Crippen LogP contribution in [0.2, 0.25) is 0 Å². The van der Waals surface area contributed by atoms with Crippen LogP contribution >= 0.6 is 0 Å². The van der Waals surface area contributed by atoms with Crippen LogP contribution in [-0.4, -0.2) is 32.0 Å². The molecule has 2 rings (SSSR count). The lowest BCUT2D eigenvalue weighted by Crippen LogP contribution is -2.48. The average molecular weight is 290 g/mol. The summed E-state index contributed by atoms with van der Waals surface area (Å²) in [5.41, 5.74) is 0.407. The minimum absolute atomic E-state index is 0.169. The fraction of sp³-hybridized carbons (Fsp3) is 0.500. The summed E-state index contributed by atoms with van der Waals surface area (Å²) in [5.74, 6) is 0.320. The molecule has 1 aliphatic heterocycles. The summed E-state index contributed by atoms with van der Waals surface area (Å²) < 4.78 is 5.26. The minimum atomic E-state index is -1.07. The number of amides is 2. The zero-order chi connectivity index (χ0) is 15.8. The minimum Gasteiger partial charge on any atom is -0.497 e. The van der Waals surface area contributed by atoms with Gasteiger partial charge in [0.15, 0.2) is 0 Å². The first-order valence-electron chi connectivity index (χ1n) is 7.20. The van der Waals surface area contributed by atoms with Gasteiger partial charge in [-0.2, -0.15) is 0 Å². The molecule has 0 aliphatic carbocycles. The highest BCUT2D eigenvalue weighted by Crippen LogP contribution is 2.40. The number of anilines is 2. The van der Waals surface area contributed by atoms with Crippen molar-refractivity contribution in [2.24, 2.45) is 5.41 Å². The van der Waals surface area contributed by atoms with Gasteiger partial charge in [-0.1, -0.05) is 0 Å². The van der Waals surface area contributed by atoms with Gasteiger partial charge in [0.05, 0.1) is 18.5 Å². The van der Waals surface area contributed by atoms with E-state index < -0.39 is 5.41 Å². The number of hydrogen-bond donors (Lipinski definition) is 0. The van der Waals surface area contributed by atoms with Gasteiger partial charge in [0, 0.05) is 19.2 Å². The van der Waals surface area contributed by atoms with E-state index in [0.717, 1.165) is 11.4 Å². The van der Waals surface area contributed by atoms with Crippen molar-refractivity contribution >= 4 is 23.2 Å². The van der Waals surface area contributed by atoms with Crippen LogP contribution in [0.1, 0.15) is 27.7 Å². The highest BCUT2D eigenvalue weighted by Gasteiger charge is 2.45. The molecule has 0 saturated heterocycles. The van der Waals surface area contributed by atoms with E-state index in [2.05, 4.69) is 0 Å². The smallest absolute Gasteiger partial charge is 0.242 e. The molecule has 1 aliphatic rings. The van der Waals surface area contributed by atoms with Gasteiger partial charge in [0.1, 0.15) is 11.2 Å². The third-order valence-electron chi connectivity index (χ3n) is 3.96. The molecule has 0 saturated carbocycles. The van der Waals surface area contributed by atoms with Crippen molar-refractivity contribution in [2.75, 3.05) is 30.0 Å². The summed E-state index contributed by atoms with van der Waals surface area (Å²) in [6.45, 7) is 8.22. The van der Waals surface area contributed by atoms with Crippen molar-refractivity contribution in [3.05, 3.63) is 18.2 Å². The maximum atomic E-state index is 12.8. The van der Waals surface area contributed by atoms with Crippen LogP contribution < -0.4 is 14.5 Å². The lowest BCUT2D eigenvalue weighted by atomic mass is 9.90. The van der Waals surface area contributed by atoms with Gasteiger partial charge in [0.25, 0.3) is 0 Å². The Morgan fingerprint density at radius 1 is 1.00 bits per heavy atom. The second kappa shape index (κ2) is 5.39. The zero-order valence-electron chi connectivity index (χ0n) is 13.3. The number of hydrogen-bond acceptors (Lipinski definition) is 3. The molecule has 114 valence electrons. The Balaban J connectivity index is 2.72. The molecular formula is C16H22N2O3. The molecule has 0 atom stereocenters. The van der Waals surface area contributed by atoms with E-state index in [9.17, 15) is 9.59 Å². The van der Waals surface area contributed by atoms with Crippen LogP contribution in [0.5, 0.6) is 5.75 Å². The lowest BCUT2D eigenvalue weighted by molar-refractivity contribution is -0.137. The van der Waals surface area contributed by atoms with Crippen molar-refractivity contribution in [3.63, 3.8) is 0 Å². The molecule has 21 heavy (non-hydrogen) atoms. The van der Waals surface area contributed by atoms with Gasteiger partial charge in [-0.05, 0) is 39.8 Å².